The van der Waals surface area contributed by atoms with Gasteiger partial charge in [0.25, 0.3) is 5.91 Å². The van der Waals surface area contributed by atoms with Crippen LogP contribution in [0.15, 0.2) is 29.2 Å². The Hall–Kier alpha value is -1.95. The van der Waals surface area contributed by atoms with Crippen LogP contribution in [0.25, 0.3) is 0 Å². The lowest BCUT2D eigenvalue weighted by molar-refractivity contribution is -0.186. The van der Waals surface area contributed by atoms with E-state index in [0.717, 1.165) is 5.56 Å². The summed E-state index contributed by atoms with van der Waals surface area (Å²) in [5.41, 5.74) is 6.24. The molecule has 8 heteroatoms. The highest BCUT2D eigenvalue weighted by atomic mass is 32.2. The summed E-state index contributed by atoms with van der Waals surface area (Å²) >= 11 is 0. The maximum atomic E-state index is 11.9. The van der Waals surface area contributed by atoms with E-state index >= 15 is 0 Å². The zero-order valence-corrected chi connectivity index (χ0v) is 10.8. The largest absolute Gasteiger partial charge is 0.317 e. The van der Waals surface area contributed by atoms with Crippen molar-refractivity contribution in [3.8, 4) is 6.07 Å². The summed E-state index contributed by atoms with van der Waals surface area (Å²) in [6, 6.07) is 5.48. The predicted molar refractivity (Wildman–Crippen MR) is 63.7 cm³/mol. The van der Waals surface area contributed by atoms with Crippen LogP contribution < -0.4 is 5.73 Å². The first-order valence-electron chi connectivity index (χ1n) is 5.36. The number of nitriles is 1. The van der Waals surface area contributed by atoms with Gasteiger partial charge in [-0.15, -0.1) is 4.28 Å². The van der Waals surface area contributed by atoms with Gasteiger partial charge in [0.05, 0.1) is 11.0 Å². The lowest BCUT2D eigenvalue weighted by Crippen LogP contribution is -2.68. The standard InChI is InChI=1S/C11H11N3O4S/c1-7-2-4-8(5-3-7)19(16,17)18-14-9(6-12)10(13)11(14)15/h2-5,9-10H,13H2,1H3/t9-,10+/m1/s1. The molecule has 1 aromatic rings. The summed E-state index contributed by atoms with van der Waals surface area (Å²) in [5.74, 6) is -0.734. The molecular formula is C11H11N3O4S. The van der Waals surface area contributed by atoms with E-state index in [9.17, 15) is 13.2 Å². The van der Waals surface area contributed by atoms with Gasteiger partial charge < -0.3 is 5.73 Å². The molecule has 0 saturated carbocycles. The second kappa shape index (κ2) is 4.62. The predicted octanol–water partition coefficient (Wildman–Crippen LogP) is -0.323. The Morgan fingerprint density at radius 3 is 2.47 bits per heavy atom. The maximum absolute atomic E-state index is 11.9. The molecule has 2 rings (SSSR count). The molecule has 19 heavy (non-hydrogen) atoms. The first kappa shape index (κ1) is 13.5. The number of benzene rings is 1. The normalized spacial score (nSPS) is 22.8. The number of hydroxylamine groups is 2. The smallest absolute Gasteiger partial charge is 0.317 e. The number of hydrogen-bond donors (Lipinski definition) is 1. The van der Waals surface area contributed by atoms with Gasteiger partial charge in [-0.3, -0.25) is 4.79 Å². The monoisotopic (exact) mass is 281 g/mol. The highest BCUT2D eigenvalue weighted by Crippen LogP contribution is 2.23. The van der Waals surface area contributed by atoms with Crippen LogP contribution in [0.2, 0.25) is 0 Å². The van der Waals surface area contributed by atoms with E-state index in [1.165, 1.54) is 12.1 Å². The molecule has 1 aliphatic rings. The second-order valence-electron chi connectivity index (χ2n) is 4.11. The number of carbonyl (C=O) groups excluding carboxylic acids is 1. The minimum atomic E-state index is -4.14. The van der Waals surface area contributed by atoms with Crippen molar-refractivity contribution >= 4 is 16.0 Å². The quantitative estimate of drug-likeness (QED) is 0.759. The molecular weight excluding hydrogens is 270 g/mol. The van der Waals surface area contributed by atoms with Crippen molar-refractivity contribution in [1.29, 1.82) is 5.26 Å². The van der Waals surface area contributed by atoms with Crippen LogP contribution in [0.3, 0.4) is 0 Å². The fourth-order valence-corrected chi connectivity index (χ4v) is 2.49. The SMILES string of the molecule is Cc1ccc(S(=O)(=O)ON2C(=O)[C@@H](N)[C@H]2C#N)cc1. The Balaban J connectivity index is 2.21. The minimum absolute atomic E-state index is 0.0944. The molecule has 0 spiro atoms. The van der Waals surface area contributed by atoms with Gasteiger partial charge in [0, 0.05) is 0 Å². The van der Waals surface area contributed by atoms with E-state index in [1.54, 1.807) is 25.1 Å². The number of nitrogens with zero attached hydrogens (tertiary/aromatic N) is 2. The number of β-lactam (4-membered cyclic amide) rings is 1. The van der Waals surface area contributed by atoms with Crippen molar-refractivity contribution in [2.24, 2.45) is 5.73 Å². The number of rotatable bonds is 3. The summed E-state index contributed by atoms with van der Waals surface area (Å²) in [6.45, 7) is 1.81. The van der Waals surface area contributed by atoms with E-state index in [4.69, 9.17) is 11.0 Å². The van der Waals surface area contributed by atoms with Crippen LogP contribution in [0.4, 0.5) is 0 Å². The number of nitrogens with two attached hydrogens (primary N) is 1. The zero-order valence-electron chi connectivity index (χ0n) is 9.98. The third-order valence-electron chi connectivity index (χ3n) is 2.72. The average Bonchev–Trinajstić information content (AvgIpc) is 2.38. The molecule has 0 radical (unpaired) electrons. The molecule has 0 aromatic heterocycles. The Labute approximate surface area is 110 Å². The molecule has 1 fully saturated rings. The third kappa shape index (κ3) is 2.31. The Morgan fingerprint density at radius 1 is 1.37 bits per heavy atom. The molecule has 1 saturated heterocycles. The number of aryl methyl sites for hydroxylation is 1. The van der Waals surface area contributed by atoms with Crippen molar-refractivity contribution in [2.45, 2.75) is 23.9 Å². The van der Waals surface area contributed by atoms with Gasteiger partial charge in [-0.1, -0.05) is 17.7 Å². The van der Waals surface area contributed by atoms with Crippen LogP contribution in [-0.2, 0) is 19.2 Å². The Kier molecular flexibility index (Phi) is 3.28. The van der Waals surface area contributed by atoms with E-state index in [2.05, 4.69) is 4.28 Å². The molecule has 100 valence electrons. The summed E-state index contributed by atoms with van der Waals surface area (Å²) < 4.78 is 28.4. The summed E-state index contributed by atoms with van der Waals surface area (Å²) in [4.78, 5) is 11.3. The Bertz CT molecular complexity index is 648. The molecule has 0 bridgehead atoms. The molecule has 1 amide bonds. The minimum Gasteiger partial charge on any atom is -0.317 e. The van der Waals surface area contributed by atoms with Gasteiger partial charge in [0.15, 0.2) is 6.04 Å². The fraction of sp³-hybridized carbons (Fsp3) is 0.273. The van der Waals surface area contributed by atoms with Crippen molar-refractivity contribution in [2.75, 3.05) is 0 Å². The van der Waals surface area contributed by atoms with E-state index < -0.39 is 28.1 Å². The van der Waals surface area contributed by atoms with E-state index in [1.807, 2.05) is 0 Å². The van der Waals surface area contributed by atoms with Crippen LogP contribution in [0.1, 0.15) is 5.56 Å². The molecule has 0 unspecified atom stereocenters. The summed E-state index contributed by atoms with van der Waals surface area (Å²) in [5, 5.41) is 9.24. The molecule has 2 N–H and O–H groups in total. The van der Waals surface area contributed by atoms with Crippen molar-refractivity contribution in [1.82, 2.24) is 5.06 Å². The summed E-state index contributed by atoms with van der Waals surface area (Å²) in [7, 11) is -4.14. The first-order chi connectivity index (χ1) is 8.86. The third-order valence-corrected chi connectivity index (χ3v) is 3.92. The topological polar surface area (TPSA) is 113 Å². The van der Waals surface area contributed by atoms with Crippen LogP contribution in [-0.4, -0.2) is 31.5 Å². The van der Waals surface area contributed by atoms with Gasteiger partial charge in [0.1, 0.15) is 6.04 Å². The number of hydrogen-bond acceptors (Lipinski definition) is 6. The Morgan fingerprint density at radius 2 is 1.95 bits per heavy atom. The number of carbonyl (C=O) groups is 1. The lowest BCUT2D eigenvalue weighted by Gasteiger charge is -2.38. The maximum Gasteiger partial charge on any atom is 0.317 e. The van der Waals surface area contributed by atoms with Crippen LogP contribution in [0.5, 0.6) is 0 Å². The summed E-state index contributed by atoms with van der Waals surface area (Å²) in [6.07, 6.45) is 0. The second-order valence-corrected chi connectivity index (χ2v) is 5.63. The molecule has 1 aliphatic heterocycles. The molecule has 0 aliphatic carbocycles. The highest BCUT2D eigenvalue weighted by Gasteiger charge is 2.49. The number of amides is 1. The average molecular weight is 281 g/mol. The first-order valence-corrected chi connectivity index (χ1v) is 6.77. The van der Waals surface area contributed by atoms with E-state index in [0.29, 0.717) is 5.06 Å². The molecule has 7 nitrogen and oxygen atoms in total. The van der Waals surface area contributed by atoms with Crippen molar-refractivity contribution in [3.05, 3.63) is 29.8 Å². The molecule has 1 aromatic carbocycles. The van der Waals surface area contributed by atoms with Crippen LogP contribution >= 0.6 is 0 Å². The van der Waals surface area contributed by atoms with Crippen molar-refractivity contribution < 1.29 is 17.5 Å². The fourth-order valence-electron chi connectivity index (χ4n) is 1.55. The van der Waals surface area contributed by atoms with Crippen molar-refractivity contribution in [3.63, 3.8) is 0 Å². The van der Waals surface area contributed by atoms with Crippen LogP contribution in [0, 0.1) is 18.3 Å². The van der Waals surface area contributed by atoms with E-state index in [-0.39, 0.29) is 4.90 Å². The van der Waals surface area contributed by atoms with Gasteiger partial charge in [-0.05, 0) is 19.1 Å². The molecule has 1 heterocycles. The highest BCUT2D eigenvalue weighted by molar-refractivity contribution is 7.86. The van der Waals surface area contributed by atoms with Gasteiger partial charge in [0.2, 0.25) is 0 Å². The van der Waals surface area contributed by atoms with Gasteiger partial charge in [-0.2, -0.15) is 18.7 Å². The van der Waals surface area contributed by atoms with Gasteiger partial charge in [-0.25, -0.2) is 0 Å². The lowest BCUT2D eigenvalue weighted by atomic mass is 10.0. The van der Waals surface area contributed by atoms with Gasteiger partial charge >= 0.3 is 10.1 Å². The molecule has 2 atom stereocenters. The zero-order chi connectivity index (χ0) is 14.2.